The molecule has 0 fully saturated rings. The van der Waals surface area contributed by atoms with Gasteiger partial charge in [0, 0.05) is 12.5 Å². The molecule has 128 valence electrons. The number of hydrogen-bond donors (Lipinski definition) is 2. The summed E-state index contributed by atoms with van der Waals surface area (Å²) in [5, 5.41) is 23.1. The van der Waals surface area contributed by atoms with E-state index in [1.165, 1.54) is 19.2 Å². The number of aliphatic hydroxyl groups is 1. The molecule has 0 aliphatic carbocycles. The van der Waals surface area contributed by atoms with Crippen LogP contribution in [-0.2, 0) is 11.2 Å². The quantitative estimate of drug-likeness (QED) is 0.611. The largest absolute Gasteiger partial charge is 0.496 e. The highest BCUT2D eigenvalue weighted by atomic mass is 16.6. The maximum Gasteiger partial charge on any atom is 0.407 e. The van der Waals surface area contributed by atoms with E-state index in [1.807, 2.05) is 0 Å². The van der Waals surface area contributed by atoms with Gasteiger partial charge in [0.25, 0.3) is 5.69 Å². The first-order valence-corrected chi connectivity index (χ1v) is 7.08. The van der Waals surface area contributed by atoms with Crippen molar-refractivity contribution in [2.45, 2.75) is 38.8 Å². The van der Waals surface area contributed by atoms with Crippen molar-refractivity contribution in [3.05, 3.63) is 33.9 Å². The van der Waals surface area contributed by atoms with E-state index in [9.17, 15) is 20.0 Å². The van der Waals surface area contributed by atoms with Crippen LogP contribution >= 0.6 is 0 Å². The van der Waals surface area contributed by atoms with Gasteiger partial charge in [0.2, 0.25) is 0 Å². The van der Waals surface area contributed by atoms with Gasteiger partial charge in [-0.05, 0) is 26.8 Å². The molecule has 1 aromatic carbocycles. The average molecular weight is 326 g/mol. The molecule has 0 aliphatic heterocycles. The second-order valence-corrected chi connectivity index (χ2v) is 5.94. The number of amides is 1. The maximum absolute atomic E-state index is 11.8. The zero-order valence-corrected chi connectivity index (χ0v) is 13.7. The van der Waals surface area contributed by atoms with Crippen molar-refractivity contribution in [2.75, 3.05) is 13.7 Å². The van der Waals surface area contributed by atoms with E-state index in [2.05, 4.69) is 5.32 Å². The van der Waals surface area contributed by atoms with Crippen molar-refractivity contribution in [1.29, 1.82) is 0 Å². The summed E-state index contributed by atoms with van der Waals surface area (Å²) in [6.45, 7) is 4.75. The normalized spacial score (nSPS) is 12.4. The van der Waals surface area contributed by atoms with E-state index in [0.717, 1.165) is 0 Å². The highest BCUT2D eigenvalue weighted by molar-refractivity contribution is 5.68. The summed E-state index contributed by atoms with van der Waals surface area (Å²) in [6.07, 6.45) is -0.662. The third-order valence-electron chi connectivity index (χ3n) is 2.92. The molecule has 0 saturated carbocycles. The average Bonchev–Trinajstić information content (AvgIpc) is 2.44. The molecule has 0 heterocycles. The Morgan fingerprint density at radius 2 is 2.09 bits per heavy atom. The third kappa shape index (κ3) is 5.74. The van der Waals surface area contributed by atoms with Crippen LogP contribution in [-0.4, -0.2) is 41.5 Å². The molecule has 8 heteroatoms. The summed E-state index contributed by atoms with van der Waals surface area (Å²) < 4.78 is 10.3. The fourth-order valence-electron chi connectivity index (χ4n) is 2.00. The number of nitro benzene ring substituents is 1. The van der Waals surface area contributed by atoms with Gasteiger partial charge >= 0.3 is 6.09 Å². The number of alkyl carbamates (subject to hydrolysis) is 1. The van der Waals surface area contributed by atoms with E-state index >= 15 is 0 Å². The molecular weight excluding hydrogens is 304 g/mol. The van der Waals surface area contributed by atoms with Crippen LogP contribution in [0.25, 0.3) is 0 Å². The molecule has 23 heavy (non-hydrogen) atoms. The van der Waals surface area contributed by atoms with E-state index in [-0.39, 0.29) is 12.1 Å². The Balaban J connectivity index is 2.95. The van der Waals surface area contributed by atoms with E-state index < -0.39 is 29.3 Å². The number of methoxy groups -OCH3 is 1. The molecule has 1 rings (SSSR count). The van der Waals surface area contributed by atoms with Gasteiger partial charge in [0.05, 0.1) is 30.2 Å². The molecule has 8 nitrogen and oxygen atoms in total. The summed E-state index contributed by atoms with van der Waals surface area (Å²) >= 11 is 0. The van der Waals surface area contributed by atoms with Crippen molar-refractivity contribution in [2.24, 2.45) is 0 Å². The van der Waals surface area contributed by atoms with E-state index in [4.69, 9.17) is 9.47 Å². The van der Waals surface area contributed by atoms with Gasteiger partial charge < -0.3 is 19.9 Å². The zero-order chi connectivity index (χ0) is 17.6. The molecule has 1 amide bonds. The van der Waals surface area contributed by atoms with Gasteiger partial charge in [-0.2, -0.15) is 0 Å². The van der Waals surface area contributed by atoms with E-state index in [0.29, 0.717) is 11.3 Å². The summed E-state index contributed by atoms with van der Waals surface area (Å²) in [7, 11) is 1.40. The molecule has 0 radical (unpaired) electrons. The van der Waals surface area contributed by atoms with Crippen molar-refractivity contribution >= 4 is 11.8 Å². The van der Waals surface area contributed by atoms with Crippen LogP contribution in [0.1, 0.15) is 26.3 Å². The number of benzene rings is 1. The van der Waals surface area contributed by atoms with Gasteiger partial charge in [-0.15, -0.1) is 0 Å². The fourth-order valence-corrected chi connectivity index (χ4v) is 2.00. The van der Waals surface area contributed by atoms with Crippen LogP contribution in [0.2, 0.25) is 0 Å². The van der Waals surface area contributed by atoms with Crippen LogP contribution in [0, 0.1) is 10.1 Å². The van der Waals surface area contributed by atoms with Crippen LogP contribution < -0.4 is 10.1 Å². The topological polar surface area (TPSA) is 111 Å². The lowest BCUT2D eigenvalue weighted by Crippen LogP contribution is -2.42. The molecule has 1 atom stereocenters. The van der Waals surface area contributed by atoms with Gasteiger partial charge in [0.15, 0.2) is 0 Å². The highest BCUT2D eigenvalue weighted by Crippen LogP contribution is 2.29. The predicted molar refractivity (Wildman–Crippen MR) is 83.6 cm³/mol. The molecule has 0 spiro atoms. The third-order valence-corrected chi connectivity index (χ3v) is 2.92. The summed E-state index contributed by atoms with van der Waals surface area (Å²) in [5.41, 5.74) is -0.510. The first-order valence-electron chi connectivity index (χ1n) is 7.08. The monoisotopic (exact) mass is 326 g/mol. The molecule has 0 saturated heterocycles. The minimum atomic E-state index is -0.736. The minimum absolute atomic E-state index is 0.0378. The molecule has 2 N–H and O–H groups in total. The molecule has 1 aromatic rings. The van der Waals surface area contributed by atoms with Gasteiger partial charge in [-0.3, -0.25) is 10.1 Å². The molecule has 0 bridgehead atoms. The minimum Gasteiger partial charge on any atom is -0.496 e. The highest BCUT2D eigenvalue weighted by Gasteiger charge is 2.24. The first-order chi connectivity index (χ1) is 10.7. The Hall–Kier alpha value is -2.35. The number of hydrogen-bond acceptors (Lipinski definition) is 6. The Bertz CT molecular complexity index is 568. The molecular formula is C15H22N2O6. The Morgan fingerprint density at radius 3 is 2.57 bits per heavy atom. The first kappa shape index (κ1) is 18.7. The Morgan fingerprint density at radius 1 is 1.43 bits per heavy atom. The summed E-state index contributed by atoms with van der Waals surface area (Å²) in [4.78, 5) is 22.4. The number of nitrogens with one attached hydrogen (secondary N) is 1. The number of nitro groups is 1. The van der Waals surface area contributed by atoms with Crippen LogP contribution in [0.4, 0.5) is 10.5 Å². The summed E-state index contributed by atoms with van der Waals surface area (Å²) in [6, 6.07) is 3.71. The zero-order valence-electron chi connectivity index (χ0n) is 13.7. The number of rotatable bonds is 6. The lowest BCUT2D eigenvalue weighted by atomic mass is 10.0. The van der Waals surface area contributed by atoms with Gasteiger partial charge in [-0.25, -0.2) is 4.79 Å². The van der Waals surface area contributed by atoms with Crippen LogP contribution in [0.15, 0.2) is 18.2 Å². The second-order valence-electron chi connectivity index (χ2n) is 5.94. The van der Waals surface area contributed by atoms with E-state index in [1.54, 1.807) is 26.8 Å². The number of carbonyl (C=O) groups excluding carboxylic acids is 1. The predicted octanol–water partition coefficient (Wildman–Crippen LogP) is 2.03. The van der Waals surface area contributed by atoms with Crippen LogP contribution in [0.3, 0.4) is 0 Å². The van der Waals surface area contributed by atoms with Crippen molar-refractivity contribution in [1.82, 2.24) is 5.32 Å². The number of nitrogens with zero attached hydrogens (tertiary/aromatic N) is 1. The lowest BCUT2D eigenvalue weighted by molar-refractivity contribution is -0.385. The SMILES string of the molecule is COc1cccc([N+](=O)[O-])c1CC(CO)NC(=O)OC(C)(C)C. The maximum atomic E-state index is 11.8. The lowest BCUT2D eigenvalue weighted by Gasteiger charge is -2.23. The molecule has 0 aliphatic rings. The standard InChI is InChI=1S/C15H22N2O6/c1-15(2,3)23-14(19)16-10(9-18)8-11-12(17(20)21)6-5-7-13(11)22-4/h5-7,10,18H,8-9H2,1-4H3,(H,16,19). The smallest absolute Gasteiger partial charge is 0.407 e. The number of ether oxygens (including phenoxy) is 2. The van der Waals surface area contributed by atoms with Crippen LogP contribution in [0.5, 0.6) is 5.75 Å². The Kier molecular flexibility index (Phi) is 6.32. The fraction of sp³-hybridized carbons (Fsp3) is 0.533. The van der Waals surface area contributed by atoms with Gasteiger partial charge in [0.1, 0.15) is 11.4 Å². The Labute approximate surface area is 134 Å². The second kappa shape index (κ2) is 7.77. The molecule has 1 unspecified atom stereocenters. The van der Waals surface area contributed by atoms with Crippen molar-refractivity contribution in [3.63, 3.8) is 0 Å². The molecule has 0 aromatic heterocycles. The van der Waals surface area contributed by atoms with Crippen molar-refractivity contribution in [3.8, 4) is 5.75 Å². The van der Waals surface area contributed by atoms with Gasteiger partial charge in [-0.1, -0.05) is 6.07 Å². The number of aliphatic hydroxyl groups excluding tert-OH is 1. The summed E-state index contributed by atoms with van der Waals surface area (Å²) in [5.74, 6) is 0.323. The van der Waals surface area contributed by atoms with Crippen molar-refractivity contribution < 1.29 is 24.3 Å². The number of carbonyl (C=O) groups is 1.